The molecule has 10 aromatic carbocycles. The Balaban J connectivity index is 0.950. The third kappa shape index (κ3) is 5.64. The van der Waals surface area contributed by atoms with Crippen molar-refractivity contribution in [1.29, 1.82) is 0 Å². The van der Waals surface area contributed by atoms with Crippen LogP contribution in [0.2, 0.25) is 0 Å². The lowest BCUT2D eigenvalue weighted by Crippen LogP contribution is -2.25. The molecule has 0 bridgehead atoms. The van der Waals surface area contributed by atoms with Crippen molar-refractivity contribution in [1.82, 2.24) is 19.5 Å². The molecule has 0 radical (unpaired) electrons. The molecule has 0 fully saturated rings. The van der Waals surface area contributed by atoms with Gasteiger partial charge in [-0.2, -0.15) is 9.97 Å². The smallest absolute Gasteiger partial charge is 0.238 e. The maximum atomic E-state index is 5.31. The van der Waals surface area contributed by atoms with Gasteiger partial charge in [0.1, 0.15) is 0 Å². The topological polar surface area (TPSA) is 43.6 Å². The Morgan fingerprint density at radius 1 is 0.279 bits per heavy atom. The molecule has 0 saturated carbocycles. The first-order valence-electron chi connectivity index (χ1n) is 23.3. The Bertz CT molecular complexity index is 3800. The molecule has 2 aliphatic rings. The van der Waals surface area contributed by atoms with Crippen molar-refractivity contribution in [2.24, 2.45) is 0 Å². The molecule has 0 atom stereocenters. The summed E-state index contributed by atoms with van der Waals surface area (Å²) in [6.45, 7) is 0. The number of fused-ring (bicyclic) bond motifs is 13. The number of aromatic nitrogens is 4. The molecule has 2 aromatic heterocycles. The maximum absolute atomic E-state index is 5.31. The summed E-state index contributed by atoms with van der Waals surface area (Å²) in [4.78, 5) is 15.8. The van der Waals surface area contributed by atoms with Crippen LogP contribution in [-0.4, -0.2) is 19.5 Å². The second-order valence-electron chi connectivity index (χ2n) is 17.9. The predicted octanol–water partition coefficient (Wildman–Crippen LogP) is 15.6. The summed E-state index contributed by atoms with van der Waals surface area (Å²) in [5.74, 6) is 1.79. The van der Waals surface area contributed by atoms with Gasteiger partial charge in [0.05, 0.1) is 16.4 Å². The van der Waals surface area contributed by atoms with Gasteiger partial charge < -0.3 is 0 Å². The van der Waals surface area contributed by atoms with E-state index >= 15 is 0 Å². The molecular formula is C64H40N4. The van der Waals surface area contributed by atoms with Crippen molar-refractivity contribution >= 4 is 21.8 Å². The van der Waals surface area contributed by atoms with Crippen LogP contribution in [0.5, 0.6) is 0 Å². The summed E-state index contributed by atoms with van der Waals surface area (Å²) < 4.78 is 2.21. The molecule has 2 heterocycles. The minimum atomic E-state index is -0.410. The Labute approximate surface area is 394 Å². The second kappa shape index (κ2) is 15.0. The fraction of sp³-hybridized carbons (Fsp3) is 0.0156. The standard InChI is InChI=1S/C64H40N4/c1-3-16-41(17-4-1)43-30-34-45(35-31-43)61-65-62(46-36-32-44(33-37-46)42-18-5-2-6-19-42)67-63(66-61)68-58-29-14-10-22-51(58)53-40-47(38-39-59(53)68)48-24-15-28-57-60(48)52-23-9-13-27-56(52)64(57)54-25-11-7-20-49(54)50-21-8-12-26-55(50)64/h1-40H. The summed E-state index contributed by atoms with van der Waals surface area (Å²) in [6, 6.07) is 87.5. The van der Waals surface area contributed by atoms with Gasteiger partial charge >= 0.3 is 0 Å². The van der Waals surface area contributed by atoms with Gasteiger partial charge in [0.25, 0.3) is 0 Å². The highest BCUT2D eigenvalue weighted by Gasteiger charge is 2.52. The minimum Gasteiger partial charge on any atom is -0.278 e. The molecule has 316 valence electrons. The van der Waals surface area contributed by atoms with Crippen LogP contribution in [0.15, 0.2) is 243 Å². The Morgan fingerprint density at radius 3 is 1.31 bits per heavy atom. The van der Waals surface area contributed by atoms with E-state index in [4.69, 9.17) is 15.0 Å². The first-order chi connectivity index (χ1) is 33.7. The number of benzene rings is 10. The third-order valence-electron chi connectivity index (χ3n) is 14.3. The molecular weight excluding hydrogens is 825 g/mol. The number of nitrogens with zero attached hydrogens (tertiary/aromatic N) is 4. The molecule has 0 saturated heterocycles. The number of para-hydroxylation sites is 1. The summed E-state index contributed by atoms with van der Waals surface area (Å²) in [6.07, 6.45) is 0. The first-order valence-corrected chi connectivity index (χ1v) is 23.3. The van der Waals surface area contributed by atoms with Crippen LogP contribution in [0.3, 0.4) is 0 Å². The number of hydrogen-bond acceptors (Lipinski definition) is 3. The first kappa shape index (κ1) is 38.3. The van der Waals surface area contributed by atoms with E-state index in [1.807, 2.05) is 12.1 Å². The van der Waals surface area contributed by atoms with Gasteiger partial charge in [-0.1, -0.05) is 224 Å². The van der Waals surface area contributed by atoms with E-state index < -0.39 is 5.41 Å². The highest BCUT2D eigenvalue weighted by atomic mass is 15.2. The molecule has 2 aliphatic carbocycles. The van der Waals surface area contributed by atoms with Crippen molar-refractivity contribution in [3.63, 3.8) is 0 Å². The molecule has 4 heteroatoms. The van der Waals surface area contributed by atoms with E-state index in [0.29, 0.717) is 17.6 Å². The van der Waals surface area contributed by atoms with E-state index in [-0.39, 0.29) is 0 Å². The van der Waals surface area contributed by atoms with Gasteiger partial charge in [-0.05, 0) is 96.1 Å². The molecule has 14 rings (SSSR count). The predicted molar refractivity (Wildman–Crippen MR) is 278 cm³/mol. The highest BCUT2D eigenvalue weighted by molar-refractivity contribution is 6.11. The molecule has 1 spiro atoms. The zero-order valence-corrected chi connectivity index (χ0v) is 36.9. The third-order valence-corrected chi connectivity index (χ3v) is 14.3. The summed E-state index contributed by atoms with van der Waals surface area (Å²) in [5, 5.41) is 2.27. The zero-order valence-electron chi connectivity index (χ0n) is 36.9. The van der Waals surface area contributed by atoms with Crippen LogP contribution in [0, 0.1) is 0 Å². The highest BCUT2D eigenvalue weighted by Crippen LogP contribution is 2.64. The average molecular weight is 865 g/mol. The van der Waals surface area contributed by atoms with Crippen LogP contribution >= 0.6 is 0 Å². The van der Waals surface area contributed by atoms with Gasteiger partial charge in [0.15, 0.2) is 11.6 Å². The zero-order chi connectivity index (χ0) is 44.8. The lowest BCUT2D eigenvalue weighted by molar-refractivity contribution is 0.794. The van der Waals surface area contributed by atoms with Crippen molar-refractivity contribution < 1.29 is 0 Å². The number of rotatable bonds is 6. The van der Waals surface area contributed by atoms with Crippen LogP contribution in [0.1, 0.15) is 22.3 Å². The van der Waals surface area contributed by atoms with Gasteiger partial charge in [-0.3, -0.25) is 4.57 Å². The van der Waals surface area contributed by atoms with Gasteiger partial charge in [-0.15, -0.1) is 0 Å². The van der Waals surface area contributed by atoms with Gasteiger partial charge in [0.2, 0.25) is 5.95 Å². The van der Waals surface area contributed by atoms with Crippen molar-refractivity contribution in [3.05, 3.63) is 265 Å². The summed E-state index contributed by atoms with van der Waals surface area (Å²) in [7, 11) is 0. The Kier molecular flexibility index (Phi) is 8.46. The molecule has 0 unspecified atom stereocenters. The van der Waals surface area contributed by atoms with Crippen LogP contribution in [0.25, 0.3) is 106 Å². The largest absolute Gasteiger partial charge is 0.278 e. The molecule has 0 N–H and O–H groups in total. The molecule has 0 amide bonds. The summed E-state index contributed by atoms with van der Waals surface area (Å²) >= 11 is 0. The van der Waals surface area contributed by atoms with E-state index in [0.717, 1.165) is 60.8 Å². The minimum absolute atomic E-state index is 0.410. The SMILES string of the molecule is c1ccc(-c2ccc(-c3nc(-c4ccc(-c5ccccc5)cc4)nc(-n4c5ccccc5c5cc(-c6cccc7c6-c6ccccc6C76c7ccccc7-c7ccccc76)ccc54)n3)cc2)cc1. The summed E-state index contributed by atoms with van der Waals surface area (Å²) in [5.41, 5.74) is 21.0. The van der Waals surface area contributed by atoms with Gasteiger partial charge in [0, 0.05) is 21.9 Å². The second-order valence-corrected chi connectivity index (χ2v) is 17.9. The Hall–Kier alpha value is -8.99. The average Bonchev–Trinajstić information content (AvgIpc) is 4.03. The fourth-order valence-corrected chi connectivity index (χ4v) is 11.3. The van der Waals surface area contributed by atoms with Crippen LogP contribution < -0.4 is 0 Å². The maximum Gasteiger partial charge on any atom is 0.238 e. The molecule has 0 aliphatic heterocycles. The number of hydrogen-bond donors (Lipinski definition) is 0. The lowest BCUT2D eigenvalue weighted by Gasteiger charge is -2.30. The van der Waals surface area contributed by atoms with Crippen molar-refractivity contribution in [2.75, 3.05) is 0 Å². The Morgan fingerprint density at radius 2 is 0.706 bits per heavy atom. The molecule has 68 heavy (non-hydrogen) atoms. The van der Waals surface area contributed by atoms with E-state index in [9.17, 15) is 0 Å². The monoisotopic (exact) mass is 864 g/mol. The lowest BCUT2D eigenvalue weighted by atomic mass is 9.70. The normalized spacial score (nSPS) is 12.8. The van der Waals surface area contributed by atoms with E-state index in [1.165, 1.54) is 50.1 Å². The molecule has 4 nitrogen and oxygen atoms in total. The van der Waals surface area contributed by atoms with E-state index in [1.54, 1.807) is 0 Å². The van der Waals surface area contributed by atoms with Gasteiger partial charge in [-0.25, -0.2) is 4.98 Å². The van der Waals surface area contributed by atoms with Crippen LogP contribution in [0.4, 0.5) is 0 Å². The van der Waals surface area contributed by atoms with E-state index in [2.05, 4.69) is 235 Å². The van der Waals surface area contributed by atoms with Crippen molar-refractivity contribution in [2.45, 2.75) is 5.41 Å². The van der Waals surface area contributed by atoms with Crippen molar-refractivity contribution in [3.8, 4) is 84.4 Å². The fourth-order valence-electron chi connectivity index (χ4n) is 11.3. The molecule has 12 aromatic rings. The quantitative estimate of drug-likeness (QED) is 0.167. The van der Waals surface area contributed by atoms with Crippen LogP contribution in [-0.2, 0) is 5.41 Å².